The maximum Gasteiger partial charge on any atom is 0.293 e. The van der Waals surface area contributed by atoms with E-state index in [1.54, 1.807) is 49.6 Å². The fraction of sp³-hybridized carbons (Fsp3) is 0.227. The summed E-state index contributed by atoms with van der Waals surface area (Å²) in [6.07, 6.45) is 1.65. The lowest BCUT2D eigenvalue weighted by Gasteiger charge is -2.13. The van der Waals surface area contributed by atoms with Gasteiger partial charge in [0.2, 0.25) is 6.79 Å². The van der Waals surface area contributed by atoms with E-state index in [-0.39, 0.29) is 36.9 Å². The van der Waals surface area contributed by atoms with Crippen molar-refractivity contribution in [3.05, 3.63) is 64.1 Å². The van der Waals surface area contributed by atoms with Gasteiger partial charge in [-0.2, -0.15) is 0 Å². The molecule has 160 valence electrons. The second-order valence-corrected chi connectivity index (χ2v) is 7.83. The number of methoxy groups -OCH3 is 1. The number of amides is 3. The van der Waals surface area contributed by atoms with Gasteiger partial charge in [0.15, 0.2) is 11.5 Å². The summed E-state index contributed by atoms with van der Waals surface area (Å²) in [7, 11) is 1.59. The average molecular weight is 440 g/mol. The minimum atomic E-state index is -0.385. The lowest BCUT2D eigenvalue weighted by Crippen LogP contribution is -2.37. The molecule has 2 aliphatic heterocycles. The van der Waals surface area contributed by atoms with E-state index >= 15 is 0 Å². The van der Waals surface area contributed by atoms with Crippen LogP contribution in [0, 0.1) is 0 Å². The number of nitrogens with one attached hydrogen (secondary N) is 1. The number of hydrogen-bond acceptors (Lipinski definition) is 7. The number of nitrogens with zero attached hydrogens (tertiary/aromatic N) is 1. The van der Waals surface area contributed by atoms with Crippen molar-refractivity contribution in [3.63, 3.8) is 0 Å². The predicted molar refractivity (Wildman–Crippen MR) is 115 cm³/mol. The summed E-state index contributed by atoms with van der Waals surface area (Å²) in [5.41, 5.74) is 2.11. The van der Waals surface area contributed by atoms with Gasteiger partial charge in [0.05, 0.1) is 11.5 Å². The summed E-state index contributed by atoms with van der Waals surface area (Å²) in [5.74, 6) is 0.587. The van der Waals surface area contributed by atoms with Gasteiger partial charge in [-0.3, -0.25) is 19.3 Å². The average Bonchev–Trinajstić information content (AvgIpc) is 3.33. The van der Waals surface area contributed by atoms with Crippen molar-refractivity contribution in [2.75, 3.05) is 27.0 Å². The largest absolute Gasteiger partial charge is 0.454 e. The molecule has 0 radical (unpaired) electrons. The molecule has 4 rings (SSSR count). The first-order chi connectivity index (χ1) is 15.0. The van der Waals surface area contributed by atoms with Crippen LogP contribution in [-0.2, 0) is 16.1 Å². The molecule has 1 N–H and O–H groups in total. The molecule has 9 heteroatoms. The molecule has 2 aromatic rings. The van der Waals surface area contributed by atoms with Crippen molar-refractivity contribution in [3.8, 4) is 11.5 Å². The van der Waals surface area contributed by atoms with Crippen LogP contribution in [0.1, 0.15) is 21.5 Å². The maximum absolute atomic E-state index is 12.6. The van der Waals surface area contributed by atoms with Gasteiger partial charge in [-0.1, -0.05) is 18.2 Å². The van der Waals surface area contributed by atoms with Gasteiger partial charge in [-0.05, 0) is 53.2 Å². The Balaban J connectivity index is 1.35. The molecule has 0 bridgehead atoms. The Hall–Kier alpha value is -3.30. The predicted octanol–water partition coefficient (Wildman–Crippen LogP) is 3.03. The van der Waals surface area contributed by atoms with Crippen LogP contribution in [0.25, 0.3) is 6.08 Å². The highest BCUT2D eigenvalue weighted by Crippen LogP contribution is 2.36. The second-order valence-electron chi connectivity index (χ2n) is 6.84. The highest BCUT2D eigenvalue weighted by atomic mass is 32.2. The molecule has 2 aromatic carbocycles. The van der Waals surface area contributed by atoms with Gasteiger partial charge >= 0.3 is 0 Å². The van der Waals surface area contributed by atoms with E-state index in [0.29, 0.717) is 28.6 Å². The fourth-order valence-corrected chi connectivity index (χ4v) is 4.06. The lowest BCUT2D eigenvalue weighted by molar-refractivity contribution is -0.122. The summed E-state index contributed by atoms with van der Waals surface area (Å²) in [4.78, 5) is 38.7. The number of ether oxygens (including phenoxy) is 3. The Kier molecular flexibility index (Phi) is 6.24. The molecular formula is C22H20N2O6S. The molecule has 0 spiro atoms. The molecule has 8 nitrogen and oxygen atoms in total. The molecule has 2 aliphatic rings. The Morgan fingerprint density at radius 2 is 2.03 bits per heavy atom. The second kappa shape index (κ2) is 9.23. The summed E-state index contributed by atoms with van der Waals surface area (Å²) in [5, 5.41) is 2.38. The Morgan fingerprint density at radius 3 is 2.87 bits per heavy atom. The number of fused-ring (bicyclic) bond motifs is 1. The van der Waals surface area contributed by atoms with Gasteiger partial charge in [-0.25, -0.2) is 0 Å². The van der Waals surface area contributed by atoms with Crippen molar-refractivity contribution in [1.82, 2.24) is 10.2 Å². The Morgan fingerprint density at radius 1 is 1.19 bits per heavy atom. The molecule has 0 saturated carbocycles. The highest BCUT2D eigenvalue weighted by Gasteiger charge is 2.34. The number of carbonyl (C=O) groups excluding carboxylic acids is 3. The van der Waals surface area contributed by atoms with Crippen LogP contribution >= 0.6 is 11.8 Å². The first-order valence-electron chi connectivity index (χ1n) is 9.56. The maximum atomic E-state index is 12.6. The SMILES string of the molecule is COCc1cccc(C(=O)NCCN2C(=O)S/C(=C/c3ccc4c(c3)OCO4)C2=O)c1. The molecule has 31 heavy (non-hydrogen) atoms. The molecule has 0 atom stereocenters. The normalized spacial score (nSPS) is 16.3. The zero-order chi connectivity index (χ0) is 21.8. The summed E-state index contributed by atoms with van der Waals surface area (Å²) >= 11 is 0.872. The molecular weight excluding hydrogens is 420 g/mol. The van der Waals surface area contributed by atoms with Gasteiger partial charge in [0.25, 0.3) is 17.1 Å². The number of hydrogen-bond donors (Lipinski definition) is 1. The summed E-state index contributed by atoms with van der Waals surface area (Å²) < 4.78 is 15.7. The third-order valence-corrected chi connectivity index (χ3v) is 5.60. The zero-order valence-electron chi connectivity index (χ0n) is 16.8. The third kappa shape index (κ3) is 4.73. The number of benzene rings is 2. The van der Waals surface area contributed by atoms with Gasteiger partial charge in [-0.15, -0.1) is 0 Å². The molecule has 0 aliphatic carbocycles. The van der Waals surface area contributed by atoms with Crippen molar-refractivity contribution in [2.45, 2.75) is 6.61 Å². The molecule has 1 fully saturated rings. The van der Waals surface area contributed by atoms with Crippen LogP contribution in [0.15, 0.2) is 47.4 Å². The van der Waals surface area contributed by atoms with Crippen LogP contribution in [-0.4, -0.2) is 48.9 Å². The van der Waals surface area contributed by atoms with Crippen LogP contribution in [0.5, 0.6) is 11.5 Å². The van der Waals surface area contributed by atoms with Gasteiger partial charge in [0.1, 0.15) is 0 Å². The van der Waals surface area contributed by atoms with E-state index in [0.717, 1.165) is 27.8 Å². The van der Waals surface area contributed by atoms with Gasteiger partial charge in [0, 0.05) is 25.8 Å². The van der Waals surface area contributed by atoms with E-state index in [2.05, 4.69) is 5.32 Å². The van der Waals surface area contributed by atoms with E-state index in [1.165, 1.54) is 0 Å². The smallest absolute Gasteiger partial charge is 0.293 e. The zero-order valence-corrected chi connectivity index (χ0v) is 17.6. The number of carbonyl (C=O) groups is 3. The van der Waals surface area contributed by atoms with E-state index in [9.17, 15) is 14.4 Å². The third-order valence-electron chi connectivity index (χ3n) is 4.69. The van der Waals surface area contributed by atoms with E-state index < -0.39 is 0 Å². The van der Waals surface area contributed by atoms with Crippen molar-refractivity contribution >= 4 is 34.9 Å². The first-order valence-corrected chi connectivity index (χ1v) is 10.4. The number of thioether (sulfide) groups is 1. The topological polar surface area (TPSA) is 94.2 Å². The van der Waals surface area contributed by atoms with Crippen molar-refractivity contribution in [2.24, 2.45) is 0 Å². The number of rotatable bonds is 7. The Labute approximate surface area is 183 Å². The van der Waals surface area contributed by atoms with Crippen LogP contribution in [0.2, 0.25) is 0 Å². The molecule has 0 aromatic heterocycles. The molecule has 0 unspecified atom stereocenters. The van der Waals surface area contributed by atoms with Crippen LogP contribution in [0.3, 0.4) is 0 Å². The monoisotopic (exact) mass is 440 g/mol. The van der Waals surface area contributed by atoms with Crippen LogP contribution < -0.4 is 14.8 Å². The van der Waals surface area contributed by atoms with E-state index in [1.807, 2.05) is 6.07 Å². The standard InChI is InChI=1S/C22H20N2O6S/c1-28-12-15-3-2-4-16(9-15)20(25)23-7-8-24-21(26)19(31-22(24)27)11-14-5-6-17-18(10-14)30-13-29-17/h2-6,9-11H,7-8,12-13H2,1H3,(H,23,25)/b19-11+. The minimum absolute atomic E-state index is 0.0899. The highest BCUT2D eigenvalue weighted by molar-refractivity contribution is 8.18. The lowest BCUT2D eigenvalue weighted by atomic mass is 10.1. The molecule has 2 heterocycles. The quantitative estimate of drug-likeness (QED) is 0.662. The Bertz CT molecular complexity index is 1070. The fourth-order valence-electron chi connectivity index (χ4n) is 3.20. The minimum Gasteiger partial charge on any atom is -0.454 e. The summed E-state index contributed by atoms with van der Waals surface area (Å²) in [6.45, 7) is 0.820. The summed E-state index contributed by atoms with van der Waals surface area (Å²) in [6, 6.07) is 12.4. The van der Waals surface area contributed by atoms with Crippen molar-refractivity contribution < 1.29 is 28.6 Å². The van der Waals surface area contributed by atoms with Crippen LogP contribution in [0.4, 0.5) is 4.79 Å². The molecule has 1 saturated heterocycles. The molecule has 3 amide bonds. The van der Waals surface area contributed by atoms with Gasteiger partial charge < -0.3 is 19.5 Å². The number of imide groups is 1. The van der Waals surface area contributed by atoms with Crippen molar-refractivity contribution in [1.29, 1.82) is 0 Å². The first kappa shape index (κ1) is 21.0. The van der Waals surface area contributed by atoms with E-state index in [4.69, 9.17) is 14.2 Å².